The fraction of sp³-hybridized carbons (Fsp3) is 0.278. The van der Waals surface area contributed by atoms with E-state index in [1.165, 1.54) is 0 Å². The maximum atomic E-state index is 12.3. The van der Waals surface area contributed by atoms with Crippen LogP contribution in [0.1, 0.15) is 27.8 Å². The number of fused-ring (bicyclic) bond motifs is 1. The summed E-state index contributed by atoms with van der Waals surface area (Å²) in [5.41, 5.74) is 5.21. The minimum atomic E-state index is -0.00868. The first-order chi connectivity index (χ1) is 12.1. The van der Waals surface area contributed by atoms with Crippen molar-refractivity contribution in [2.24, 2.45) is 7.05 Å². The molecule has 0 radical (unpaired) electrons. The van der Waals surface area contributed by atoms with Crippen molar-refractivity contribution in [3.63, 3.8) is 0 Å². The topological polar surface area (TPSA) is 64.7 Å². The highest BCUT2D eigenvalue weighted by atomic mass is 32.2. The molecule has 2 aromatic heterocycles. The maximum absolute atomic E-state index is 12.3. The number of rotatable bonds is 2. The SMILES string of the molecule is Cc1nn(C)c(C)c1C1SCC(=O)Nc2c1cnn2-c1ccccc1. The molecule has 25 heavy (non-hydrogen) atoms. The summed E-state index contributed by atoms with van der Waals surface area (Å²) < 4.78 is 3.69. The highest BCUT2D eigenvalue weighted by Crippen LogP contribution is 2.44. The first-order valence-corrected chi connectivity index (χ1v) is 9.16. The van der Waals surface area contributed by atoms with E-state index < -0.39 is 0 Å². The molecule has 0 spiro atoms. The zero-order valence-corrected chi connectivity index (χ0v) is 15.2. The first kappa shape index (κ1) is 16.0. The van der Waals surface area contributed by atoms with Gasteiger partial charge in [-0.15, -0.1) is 11.8 Å². The quantitative estimate of drug-likeness (QED) is 0.769. The molecule has 1 aromatic carbocycles. The van der Waals surface area contributed by atoms with Crippen molar-refractivity contribution in [1.29, 1.82) is 0 Å². The van der Waals surface area contributed by atoms with Crippen LogP contribution < -0.4 is 5.32 Å². The van der Waals surface area contributed by atoms with Crippen LogP contribution in [0.4, 0.5) is 5.82 Å². The van der Waals surface area contributed by atoms with Gasteiger partial charge < -0.3 is 5.32 Å². The van der Waals surface area contributed by atoms with E-state index in [-0.39, 0.29) is 11.2 Å². The maximum Gasteiger partial charge on any atom is 0.235 e. The molecule has 4 rings (SSSR count). The van der Waals surface area contributed by atoms with Crippen LogP contribution in [0.15, 0.2) is 36.5 Å². The average Bonchev–Trinajstić information content (AvgIpc) is 3.06. The minimum Gasteiger partial charge on any atom is -0.310 e. The molecule has 3 aromatic rings. The Morgan fingerprint density at radius 3 is 2.68 bits per heavy atom. The second-order valence-corrected chi connectivity index (χ2v) is 7.24. The molecule has 7 heteroatoms. The van der Waals surface area contributed by atoms with Crippen molar-refractivity contribution in [2.45, 2.75) is 19.1 Å². The third kappa shape index (κ3) is 2.64. The van der Waals surface area contributed by atoms with Gasteiger partial charge >= 0.3 is 0 Å². The standard InChI is InChI=1S/C18H19N5OS/c1-11-16(12(2)22(3)21-11)17-14-9-19-23(13-7-5-4-6-8-13)18(14)20-15(24)10-25-17/h4-9,17H,10H2,1-3H3,(H,20,24). The van der Waals surface area contributed by atoms with Gasteiger partial charge in [0.05, 0.1) is 28.6 Å². The summed E-state index contributed by atoms with van der Waals surface area (Å²) in [5, 5.41) is 12.1. The summed E-state index contributed by atoms with van der Waals surface area (Å²) in [6, 6.07) is 9.85. The summed E-state index contributed by atoms with van der Waals surface area (Å²) in [6.45, 7) is 4.08. The molecule has 0 saturated carbocycles. The van der Waals surface area contributed by atoms with Gasteiger partial charge in [-0.3, -0.25) is 9.48 Å². The van der Waals surface area contributed by atoms with Gasteiger partial charge in [0.1, 0.15) is 5.82 Å². The number of benzene rings is 1. The molecular formula is C18H19N5OS. The molecule has 0 fully saturated rings. The number of nitrogens with zero attached hydrogens (tertiary/aromatic N) is 4. The lowest BCUT2D eigenvalue weighted by Crippen LogP contribution is -2.15. The highest BCUT2D eigenvalue weighted by molar-refractivity contribution is 8.00. The van der Waals surface area contributed by atoms with E-state index in [1.807, 2.05) is 55.2 Å². The Morgan fingerprint density at radius 1 is 1.24 bits per heavy atom. The summed E-state index contributed by atoms with van der Waals surface area (Å²) in [4.78, 5) is 12.3. The second kappa shape index (κ2) is 6.07. The number of hydrogen-bond acceptors (Lipinski definition) is 4. The lowest BCUT2D eigenvalue weighted by molar-refractivity contribution is -0.113. The number of carbonyl (C=O) groups excluding carboxylic acids is 1. The second-order valence-electron chi connectivity index (χ2n) is 6.14. The number of para-hydroxylation sites is 1. The van der Waals surface area contributed by atoms with E-state index in [0.29, 0.717) is 5.75 Å². The number of carbonyl (C=O) groups is 1. The van der Waals surface area contributed by atoms with E-state index >= 15 is 0 Å². The summed E-state index contributed by atoms with van der Waals surface area (Å²) in [7, 11) is 1.95. The number of nitrogens with one attached hydrogen (secondary N) is 1. The third-order valence-electron chi connectivity index (χ3n) is 4.55. The highest BCUT2D eigenvalue weighted by Gasteiger charge is 2.31. The van der Waals surface area contributed by atoms with E-state index in [4.69, 9.17) is 0 Å². The molecule has 0 aliphatic carbocycles. The zero-order chi connectivity index (χ0) is 17.6. The Hall–Kier alpha value is -2.54. The normalized spacial score (nSPS) is 17.1. The van der Waals surface area contributed by atoms with E-state index in [9.17, 15) is 4.79 Å². The van der Waals surface area contributed by atoms with Crippen LogP contribution in [-0.2, 0) is 11.8 Å². The molecule has 1 N–H and O–H groups in total. The fourth-order valence-corrected chi connectivity index (χ4v) is 4.52. The van der Waals surface area contributed by atoms with E-state index in [1.54, 1.807) is 16.4 Å². The average molecular weight is 353 g/mol. The van der Waals surface area contributed by atoms with Crippen LogP contribution in [-0.4, -0.2) is 31.2 Å². The Kier molecular flexibility index (Phi) is 3.88. The van der Waals surface area contributed by atoms with Gasteiger partial charge in [-0.1, -0.05) is 18.2 Å². The molecule has 6 nitrogen and oxygen atoms in total. The van der Waals surface area contributed by atoms with Gasteiger partial charge in [0.25, 0.3) is 0 Å². The molecule has 1 aliphatic rings. The number of thioether (sulfide) groups is 1. The Bertz CT molecular complexity index is 944. The fourth-order valence-electron chi connectivity index (χ4n) is 3.27. The van der Waals surface area contributed by atoms with Gasteiger partial charge in [-0.2, -0.15) is 10.2 Å². The number of amides is 1. The molecule has 1 atom stereocenters. The van der Waals surface area contributed by atoms with Crippen molar-refractivity contribution < 1.29 is 4.79 Å². The molecule has 128 valence electrons. The minimum absolute atomic E-state index is 0.00868. The van der Waals surface area contributed by atoms with Gasteiger partial charge in [-0.25, -0.2) is 4.68 Å². The molecule has 1 unspecified atom stereocenters. The van der Waals surface area contributed by atoms with Crippen molar-refractivity contribution in [3.05, 3.63) is 59.0 Å². The lowest BCUT2D eigenvalue weighted by Gasteiger charge is -2.15. The smallest absolute Gasteiger partial charge is 0.235 e. The Balaban J connectivity index is 1.88. The predicted octanol–water partition coefficient (Wildman–Crippen LogP) is 3.00. The van der Waals surface area contributed by atoms with E-state index in [2.05, 4.69) is 22.4 Å². The van der Waals surface area contributed by atoms with Gasteiger partial charge in [0, 0.05) is 23.9 Å². The molecule has 3 heterocycles. The van der Waals surface area contributed by atoms with Crippen LogP contribution in [0.2, 0.25) is 0 Å². The van der Waals surface area contributed by atoms with Crippen molar-refractivity contribution >= 4 is 23.5 Å². The van der Waals surface area contributed by atoms with Crippen LogP contribution in [0.5, 0.6) is 0 Å². The van der Waals surface area contributed by atoms with Crippen LogP contribution in [0.25, 0.3) is 5.69 Å². The van der Waals surface area contributed by atoms with E-state index in [0.717, 1.165) is 34.0 Å². The summed E-state index contributed by atoms with van der Waals surface area (Å²) in [6.07, 6.45) is 1.86. The largest absolute Gasteiger partial charge is 0.310 e. The van der Waals surface area contributed by atoms with Crippen LogP contribution in [0, 0.1) is 13.8 Å². The Labute approximate surface area is 150 Å². The third-order valence-corrected chi connectivity index (χ3v) is 5.80. The van der Waals surface area contributed by atoms with Crippen molar-refractivity contribution in [3.8, 4) is 5.69 Å². The van der Waals surface area contributed by atoms with Crippen LogP contribution in [0.3, 0.4) is 0 Å². The number of hydrogen-bond donors (Lipinski definition) is 1. The predicted molar refractivity (Wildman–Crippen MR) is 99.2 cm³/mol. The molecule has 0 saturated heterocycles. The molecule has 1 aliphatic heterocycles. The number of aromatic nitrogens is 4. The zero-order valence-electron chi connectivity index (χ0n) is 14.4. The van der Waals surface area contributed by atoms with Gasteiger partial charge in [0.2, 0.25) is 5.91 Å². The monoisotopic (exact) mass is 353 g/mol. The summed E-state index contributed by atoms with van der Waals surface area (Å²) >= 11 is 1.62. The molecule has 1 amide bonds. The Morgan fingerprint density at radius 2 is 2.00 bits per heavy atom. The lowest BCUT2D eigenvalue weighted by atomic mass is 10.0. The number of aryl methyl sites for hydroxylation is 2. The van der Waals surface area contributed by atoms with Gasteiger partial charge in [-0.05, 0) is 26.0 Å². The summed E-state index contributed by atoms with van der Waals surface area (Å²) in [5.74, 6) is 1.14. The number of anilines is 1. The van der Waals surface area contributed by atoms with Crippen molar-refractivity contribution in [1.82, 2.24) is 19.6 Å². The van der Waals surface area contributed by atoms with Crippen molar-refractivity contribution in [2.75, 3.05) is 11.1 Å². The van der Waals surface area contributed by atoms with Gasteiger partial charge in [0.15, 0.2) is 0 Å². The first-order valence-electron chi connectivity index (χ1n) is 8.11. The molecule has 0 bridgehead atoms. The van der Waals surface area contributed by atoms with Crippen LogP contribution >= 0.6 is 11.8 Å². The molecular weight excluding hydrogens is 334 g/mol.